The molecule has 0 saturated carbocycles. The predicted molar refractivity (Wildman–Crippen MR) is 103 cm³/mol. The van der Waals surface area contributed by atoms with Crippen LogP contribution >= 0.6 is 11.3 Å². The number of amides is 2. The average Bonchev–Trinajstić information content (AvgIpc) is 3.37. The van der Waals surface area contributed by atoms with E-state index in [1.165, 1.54) is 17.5 Å². The zero-order valence-corrected chi connectivity index (χ0v) is 15.8. The van der Waals surface area contributed by atoms with Gasteiger partial charge in [-0.25, -0.2) is 4.98 Å². The molecule has 2 aromatic heterocycles. The Labute approximate surface area is 161 Å². The Hall–Kier alpha value is -2.45. The van der Waals surface area contributed by atoms with Crippen molar-refractivity contribution in [3.8, 4) is 0 Å². The van der Waals surface area contributed by atoms with Crippen LogP contribution < -0.4 is 5.73 Å². The van der Waals surface area contributed by atoms with Crippen LogP contribution in [0.15, 0.2) is 30.5 Å². The van der Waals surface area contributed by atoms with Gasteiger partial charge >= 0.3 is 0 Å². The maximum atomic E-state index is 12.9. The number of ether oxygens (including phenoxy) is 1. The zero-order valence-electron chi connectivity index (χ0n) is 15.0. The summed E-state index contributed by atoms with van der Waals surface area (Å²) >= 11 is 1.49. The summed E-state index contributed by atoms with van der Waals surface area (Å²) in [6.45, 7) is 3.14. The molecule has 27 heavy (non-hydrogen) atoms. The molecule has 2 fully saturated rings. The van der Waals surface area contributed by atoms with Gasteiger partial charge in [0.05, 0.1) is 29.7 Å². The molecule has 2 aromatic rings. The van der Waals surface area contributed by atoms with E-state index in [0.717, 1.165) is 22.6 Å². The summed E-state index contributed by atoms with van der Waals surface area (Å²) < 4.78 is 5.31. The molecule has 0 radical (unpaired) electrons. The van der Waals surface area contributed by atoms with Crippen molar-refractivity contribution in [2.24, 2.45) is 0 Å². The predicted octanol–water partition coefficient (Wildman–Crippen LogP) is 2.17. The van der Waals surface area contributed by atoms with Crippen LogP contribution in [-0.2, 0) is 4.74 Å². The van der Waals surface area contributed by atoms with Gasteiger partial charge in [0, 0.05) is 30.7 Å². The number of carbonyl (C=O) groups is 2. The lowest BCUT2D eigenvalue weighted by Crippen LogP contribution is -2.40. The Morgan fingerprint density at radius 3 is 2.67 bits per heavy atom. The van der Waals surface area contributed by atoms with Crippen molar-refractivity contribution < 1.29 is 14.3 Å². The highest BCUT2D eigenvalue weighted by Gasteiger charge is 2.32. The highest BCUT2D eigenvalue weighted by molar-refractivity contribution is 7.14. The van der Waals surface area contributed by atoms with Gasteiger partial charge in [0.2, 0.25) is 0 Å². The molecule has 2 saturated heterocycles. The van der Waals surface area contributed by atoms with Crippen LogP contribution in [0, 0.1) is 0 Å². The van der Waals surface area contributed by atoms with E-state index in [-0.39, 0.29) is 17.9 Å². The monoisotopic (exact) mass is 386 g/mol. The molecule has 142 valence electrons. The zero-order chi connectivity index (χ0) is 18.8. The third kappa shape index (κ3) is 3.68. The van der Waals surface area contributed by atoms with Crippen LogP contribution in [-0.4, -0.2) is 59.4 Å². The number of hydrogen-bond donors (Lipinski definition) is 1. The lowest BCUT2D eigenvalue weighted by molar-refractivity contribution is 0.0306. The number of nitrogens with zero attached hydrogens (tertiary/aromatic N) is 3. The van der Waals surface area contributed by atoms with Crippen LogP contribution in [0.1, 0.15) is 43.8 Å². The number of thiophene rings is 1. The van der Waals surface area contributed by atoms with Crippen molar-refractivity contribution >= 4 is 29.0 Å². The molecule has 4 rings (SSSR count). The SMILES string of the molecule is Nc1ccc(C(=O)N2CCCC2c2ccc(C(=O)N3CCOCC3)s2)cn1. The Kier molecular flexibility index (Phi) is 5.09. The normalized spacial score (nSPS) is 20.1. The third-order valence-electron chi connectivity index (χ3n) is 5.01. The van der Waals surface area contributed by atoms with Crippen molar-refractivity contribution in [2.45, 2.75) is 18.9 Å². The van der Waals surface area contributed by atoms with E-state index in [2.05, 4.69) is 4.98 Å². The van der Waals surface area contributed by atoms with E-state index >= 15 is 0 Å². The van der Waals surface area contributed by atoms with E-state index in [9.17, 15) is 9.59 Å². The van der Waals surface area contributed by atoms with Crippen molar-refractivity contribution in [1.82, 2.24) is 14.8 Å². The van der Waals surface area contributed by atoms with Crippen LogP contribution in [0.4, 0.5) is 5.82 Å². The first kappa shape index (κ1) is 17.9. The molecule has 7 nitrogen and oxygen atoms in total. The maximum absolute atomic E-state index is 12.9. The second kappa shape index (κ2) is 7.66. The van der Waals surface area contributed by atoms with Crippen LogP contribution in [0.2, 0.25) is 0 Å². The van der Waals surface area contributed by atoms with Gasteiger partial charge in [-0.15, -0.1) is 11.3 Å². The molecule has 2 aliphatic rings. The molecule has 1 atom stereocenters. The third-order valence-corrected chi connectivity index (χ3v) is 6.19. The fourth-order valence-corrected chi connectivity index (χ4v) is 4.70. The number of anilines is 1. The van der Waals surface area contributed by atoms with Gasteiger partial charge in [0.15, 0.2) is 0 Å². The number of nitrogens with two attached hydrogens (primary N) is 1. The highest BCUT2D eigenvalue weighted by Crippen LogP contribution is 2.37. The van der Waals surface area contributed by atoms with Crippen LogP contribution in [0.25, 0.3) is 0 Å². The number of aromatic nitrogens is 1. The van der Waals surface area contributed by atoms with Gasteiger partial charge in [-0.2, -0.15) is 0 Å². The van der Waals surface area contributed by atoms with Gasteiger partial charge in [0.1, 0.15) is 5.82 Å². The quantitative estimate of drug-likeness (QED) is 0.873. The second-order valence-electron chi connectivity index (χ2n) is 6.73. The van der Waals surface area contributed by atoms with E-state index in [1.54, 1.807) is 12.1 Å². The van der Waals surface area contributed by atoms with Gasteiger partial charge < -0.3 is 20.3 Å². The molecule has 2 amide bonds. The summed E-state index contributed by atoms with van der Waals surface area (Å²) in [7, 11) is 0. The number of nitrogen functional groups attached to an aromatic ring is 1. The minimum atomic E-state index is -0.0422. The average molecular weight is 386 g/mol. The van der Waals surface area contributed by atoms with Gasteiger partial charge in [-0.05, 0) is 37.1 Å². The summed E-state index contributed by atoms with van der Waals surface area (Å²) in [5.74, 6) is 0.404. The Morgan fingerprint density at radius 2 is 1.93 bits per heavy atom. The summed E-state index contributed by atoms with van der Waals surface area (Å²) in [6, 6.07) is 7.22. The molecule has 0 aliphatic carbocycles. The minimum absolute atomic E-state index is 0.00583. The number of carbonyl (C=O) groups excluding carboxylic acids is 2. The summed E-state index contributed by atoms with van der Waals surface area (Å²) in [5.41, 5.74) is 6.15. The van der Waals surface area contributed by atoms with E-state index < -0.39 is 0 Å². The van der Waals surface area contributed by atoms with Gasteiger partial charge in [-0.1, -0.05) is 0 Å². The topological polar surface area (TPSA) is 88.8 Å². The van der Waals surface area contributed by atoms with Crippen molar-refractivity contribution in [2.75, 3.05) is 38.6 Å². The smallest absolute Gasteiger partial charge is 0.264 e. The molecule has 2 aliphatic heterocycles. The molecular weight excluding hydrogens is 364 g/mol. The van der Waals surface area contributed by atoms with Crippen molar-refractivity contribution in [3.63, 3.8) is 0 Å². The lowest BCUT2D eigenvalue weighted by Gasteiger charge is -2.26. The van der Waals surface area contributed by atoms with E-state index in [0.29, 0.717) is 44.2 Å². The fraction of sp³-hybridized carbons (Fsp3) is 0.421. The molecule has 0 aromatic carbocycles. The standard InChI is InChI=1S/C19H22N4O3S/c20-17-6-3-13(12-21-17)18(24)23-7-1-2-14(23)15-4-5-16(27-15)19(25)22-8-10-26-11-9-22/h3-6,12,14H,1-2,7-11H2,(H2,20,21). The van der Waals surface area contributed by atoms with Crippen LogP contribution in [0.3, 0.4) is 0 Å². The first-order valence-electron chi connectivity index (χ1n) is 9.13. The molecule has 0 spiro atoms. The first-order chi connectivity index (χ1) is 13.1. The second-order valence-corrected chi connectivity index (χ2v) is 7.85. The largest absolute Gasteiger partial charge is 0.384 e. The maximum Gasteiger partial charge on any atom is 0.264 e. The Morgan fingerprint density at radius 1 is 1.11 bits per heavy atom. The number of morpholine rings is 1. The molecule has 4 heterocycles. The highest BCUT2D eigenvalue weighted by atomic mass is 32.1. The molecule has 1 unspecified atom stereocenters. The molecule has 0 bridgehead atoms. The minimum Gasteiger partial charge on any atom is -0.384 e. The Bertz CT molecular complexity index is 830. The summed E-state index contributed by atoms with van der Waals surface area (Å²) in [5, 5.41) is 0. The van der Waals surface area contributed by atoms with Crippen molar-refractivity contribution in [1.29, 1.82) is 0 Å². The summed E-state index contributed by atoms with van der Waals surface area (Å²) in [4.78, 5) is 35.1. The van der Waals surface area contributed by atoms with Gasteiger partial charge in [-0.3, -0.25) is 9.59 Å². The molecule has 2 N–H and O–H groups in total. The number of hydrogen-bond acceptors (Lipinski definition) is 6. The molecular formula is C19H22N4O3S. The van der Waals surface area contributed by atoms with Crippen molar-refractivity contribution in [3.05, 3.63) is 45.8 Å². The lowest BCUT2D eigenvalue weighted by atomic mass is 10.1. The van der Waals surface area contributed by atoms with E-state index in [1.807, 2.05) is 21.9 Å². The fourth-order valence-electron chi connectivity index (χ4n) is 3.57. The molecule has 8 heteroatoms. The number of likely N-dealkylation sites (tertiary alicyclic amines) is 1. The number of pyridine rings is 1. The van der Waals surface area contributed by atoms with Gasteiger partial charge in [0.25, 0.3) is 11.8 Å². The Balaban J connectivity index is 1.50. The number of rotatable bonds is 3. The van der Waals surface area contributed by atoms with E-state index in [4.69, 9.17) is 10.5 Å². The summed E-state index contributed by atoms with van der Waals surface area (Å²) in [6.07, 6.45) is 3.37. The van der Waals surface area contributed by atoms with Crippen LogP contribution in [0.5, 0.6) is 0 Å². The first-order valence-corrected chi connectivity index (χ1v) is 9.94.